The van der Waals surface area contributed by atoms with Gasteiger partial charge < -0.3 is 10.4 Å². The lowest BCUT2D eigenvalue weighted by molar-refractivity contribution is 0.110. The van der Waals surface area contributed by atoms with Crippen LogP contribution in [0, 0.1) is 0 Å². The molecular formula is C16H15F2N3O. The number of halogens is 2. The highest BCUT2D eigenvalue weighted by atomic mass is 19.3. The van der Waals surface area contributed by atoms with E-state index in [1.807, 2.05) is 24.3 Å². The summed E-state index contributed by atoms with van der Waals surface area (Å²) in [6, 6.07) is 8.05. The van der Waals surface area contributed by atoms with E-state index in [1.165, 1.54) is 0 Å². The third-order valence-corrected chi connectivity index (χ3v) is 3.57. The standard InChI is InChI=1S/C16H15F2N3O/c17-16(18)13(6-9-22)21-12-5-8-20-15-11(12)4-3-10-2-1-7-19-14(10)15/h1-5,7-8,13,16,22H,6,9H2,(H,20,21). The van der Waals surface area contributed by atoms with Crippen LogP contribution in [0.3, 0.4) is 0 Å². The summed E-state index contributed by atoms with van der Waals surface area (Å²) in [6.07, 6.45) is 0.666. The summed E-state index contributed by atoms with van der Waals surface area (Å²) < 4.78 is 26.0. The minimum absolute atomic E-state index is 0.0205. The number of pyridine rings is 2. The molecule has 0 aliphatic carbocycles. The van der Waals surface area contributed by atoms with Gasteiger partial charge in [-0.2, -0.15) is 0 Å². The summed E-state index contributed by atoms with van der Waals surface area (Å²) in [5, 5.41) is 13.4. The maximum Gasteiger partial charge on any atom is 0.258 e. The molecule has 0 radical (unpaired) electrons. The molecule has 2 heterocycles. The lowest BCUT2D eigenvalue weighted by Gasteiger charge is -2.19. The smallest absolute Gasteiger partial charge is 0.258 e. The minimum atomic E-state index is -2.56. The van der Waals surface area contributed by atoms with Crippen LogP contribution in [-0.4, -0.2) is 34.1 Å². The zero-order valence-corrected chi connectivity index (χ0v) is 11.7. The Labute approximate surface area is 125 Å². The molecule has 2 aromatic heterocycles. The number of hydrogen-bond acceptors (Lipinski definition) is 4. The van der Waals surface area contributed by atoms with Gasteiger partial charge in [-0.15, -0.1) is 0 Å². The Balaban J connectivity index is 2.09. The fourth-order valence-corrected chi connectivity index (χ4v) is 2.48. The predicted molar refractivity (Wildman–Crippen MR) is 82.2 cm³/mol. The minimum Gasteiger partial charge on any atom is -0.396 e. The van der Waals surface area contributed by atoms with Gasteiger partial charge in [-0.05, 0) is 24.6 Å². The maximum atomic E-state index is 13.0. The third kappa shape index (κ3) is 2.69. The molecule has 0 fully saturated rings. The van der Waals surface area contributed by atoms with Crippen LogP contribution in [-0.2, 0) is 0 Å². The van der Waals surface area contributed by atoms with E-state index < -0.39 is 12.5 Å². The Hall–Kier alpha value is -2.34. The van der Waals surface area contributed by atoms with Crippen LogP contribution < -0.4 is 5.32 Å². The highest BCUT2D eigenvalue weighted by Crippen LogP contribution is 2.28. The van der Waals surface area contributed by atoms with Crippen LogP contribution in [0.15, 0.2) is 42.7 Å². The molecule has 0 amide bonds. The van der Waals surface area contributed by atoms with E-state index in [4.69, 9.17) is 5.11 Å². The van der Waals surface area contributed by atoms with Gasteiger partial charge in [-0.25, -0.2) is 8.78 Å². The number of aliphatic hydroxyl groups is 1. The van der Waals surface area contributed by atoms with Gasteiger partial charge in [0, 0.05) is 35.5 Å². The monoisotopic (exact) mass is 303 g/mol. The predicted octanol–water partition coefficient (Wildman–Crippen LogP) is 3.21. The van der Waals surface area contributed by atoms with E-state index in [0.29, 0.717) is 11.2 Å². The summed E-state index contributed by atoms with van der Waals surface area (Å²) >= 11 is 0. The fraction of sp³-hybridized carbons (Fsp3) is 0.250. The van der Waals surface area contributed by atoms with Gasteiger partial charge in [-0.1, -0.05) is 12.1 Å². The molecule has 0 saturated heterocycles. The molecule has 0 aliphatic rings. The summed E-state index contributed by atoms with van der Waals surface area (Å²) in [5.74, 6) is 0. The first-order chi connectivity index (χ1) is 10.7. The highest BCUT2D eigenvalue weighted by Gasteiger charge is 2.20. The molecule has 0 saturated carbocycles. The summed E-state index contributed by atoms with van der Waals surface area (Å²) in [6.45, 7) is -0.296. The fourth-order valence-electron chi connectivity index (χ4n) is 2.48. The van der Waals surface area contributed by atoms with Crippen molar-refractivity contribution in [1.29, 1.82) is 0 Å². The number of benzene rings is 1. The van der Waals surface area contributed by atoms with Crippen molar-refractivity contribution in [1.82, 2.24) is 9.97 Å². The summed E-state index contributed by atoms with van der Waals surface area (Å²) in [7, 11) is 0. The van der Waals surface area contributed by atoms with Gasteiger partial charge in [0.25, 0.3) is 6.43 Å². The number of aromatic nitrogens is 2. The Morgan fingerprint density at radius 3 is 2.64 bits per heavy atom. The highest BCUT2D eigenvalue weighted by molar-refractivity contribution is 6.07. The first-order valence-corrected chi connectivity index (χ1v) is 6.98. The molecular weight excluding hydrogens is 288 g/mol. The van der Waals surface area contributed by atoms with Crippen LogP contribution in [0.2, 0.25) is 0 Å². The lowest BCUT2D eigenvalue weighted by Crippen LogP contribution is -2.29. The topological polar surface area (TPSA) is 58.0 Å². The molecule has 4 nitrogen and oxygen atoms in total. The Bertz CT molecular complexity index is 795. The second-order valence-electron chi connectivity index (χ2n) is 4.99. The molecule has 1 atom stereocenters. The van der Waals surface area contributed by atoms with Gasteiger partial charge in [0.05, 0.1) is 17.1 Å². The first kappa shape index (κ1) is 14.6. The molecule has 1 unspecified atom stereocenters. The van der Waals surface area contributed by atoms with Crippen molar-refractivity contribution in [2.75, 3.05) is 11.9 Å². The lowest BCUT2D eigenvalue weighted by atomic mass is 10.1. The second-order valence-corrected chi connectivity index (χ2v) is 4.99. The number of aliphatic hydroxyl groups excluding tert-OH is 1. The number of alkyl halides is 2. The van der Waals surface area contributed by atoms with Crippen molar-refractivity contribution in [3.63, 3.8) is 0 Å². The first-order valence-electron chi connectivity index (χ1n) is 6.98. The number of hydrogen-bond donors (Lipinski definition) is 2. The molecule has 0 spiro atoms. The normalized spacial score (nSPS) is 12.9. The van der Waals surface area contributed by atoms with Crippen LogP contribution in [0.25, 0.3) is 21.8 Å². The van der Waals surface area contributed by atoms with E-state index in [2.05, 4.69) is 15.3 Å². The van der Waals surface area contributed by atoms with Gasteiger partial charge in [0.1, 0.15) is 0 Å². The maximum absolute atomic E-state index is 13.0. The zero-order chi connectivity index (χ0) is 15.5. The molecule has 0 bridgehead atoms. The van der Waals surface area contributed by atoms with Crippen LogP contribution >= 0.6 is 0 Å². The molecule has 6 heteroatoms. The largest absolute Gasteiger partial charge is 0.396 e. The number of anilines is 1. The van der Waals surface area contributed by atoms with Crippen molar-refractivity contribution >= 4 is 27.5 Å². The molecule has 22 heavy (non-hydrogen) atoms. The van der Waals surface area contributed by atoms with Crippen LogP contribution in [0.1, 0.15) is 6.42 Å². The van der Waals surface area contributed by atoms with Gasteiger partial charge in [0.15, 0.2) is 0 Å². The van der Waals surface area contributed by atoms with Crippen molar-refractivity contribution in [3.8, 4) is 0 Å². The van der Waals surface area contributed by atoms with E-state index in [0.717, 1.165) is 16.3 Å². The second kappa shape index (κ2) is 6.19. The number of nitrogens with one attached hydrogen (secondary N) is 1. The van der Waals surface area contributed by atoms with Crippen molar-refractivity contribution in [3.05, 3.63) is 42.7 Å². The summed E-state index contributed by atoms with van der Waals surface area (Å²) in [5.41, 5.74) is 1.97. The third-order valence-electron chi connectivity index (χ3n) is 3.57. The number of nitrogens with zero attached hydrogens (tertiary/aromatic N) is 2. The molecule has 1 aromatic carbocycles. The SMILES string of the molecule is OCCC(Nc1ccnc2c1ccc1cccnc12)C(F)F. The number of rotatable bonds is 5. The average molecular weight is 303 g/mol. The summed E-state index contributed by atoms with van der Waals surface area (Å²) in [4.78, 5) is 8.65. The quantitative estimate of drug-likeness (QED) is 0.711. The van der Waals surface area contributed by atoms with Crippen molar-refractivity contribution < 1.29 is 13.9 Å². The van der Waals surface area contributed by atoms with E-state index in [9.17, 15) is 8.78 Å². The Kier molecular flexibility index (Phi) is 4.11. The van der Waals surface area contributed by atoms with Gasteiger partial charge in [-0.3, -0.25) is 9.97 Å². The van der Waals surface area contributed by atoms with Crippen molar-refractivity contribution in [2.45, 2.75) is 18.9 Å². The van der Waals surface area contributed by atoms with E-state index in [-0.39, 0.29) is 13.0 Å². The molecule has 0 aliphatic heterocycles. The molecule has 3 rings (SSSR count). The Morgan fingerprint density at radius 1 is 1.05 bits per heavy atom. The van der Waals surface area contributed by atoms with Gasteiger partial charge >= 0.3 is 0 Å². The van der Waals surface area contributed by atoms with Crippen LogP contribution in [0.5, 0.6) is 0 Å². The number of fused-ring (bicyclic) bond motifs is 3. The van der Waals surface area contributed by atoms with E-state index in [1.54, 1.807) is 18.5 Å². The molecule has 2 N–H and O–H groups in total. The zero-order valence-electron chi connectivity index (χ0n) is 11.7. The van der Waals surface area contributed by atoms with Gasteiger partial charge in [0.2, 0.25) is 0 Å². The van der Waals surface area contributed by atoms with Crippen molar-refractivity contribution in [2.24, 2.45) is 0 Å². The average Bonchev–Trinajstić information content (AvgIpc) is 2.54. The molecule has 114 valence electrons. The Morgan fingerprint density at radius 2 is 1.86 bits per heavy atom. The van der Waals surface area contributed by atoms with Crippen LogP contribution in [0.4, 0.5) is 14.5 Å². The molecule has 3 aromatic rings. The van der Waals surface area contributed by atoms with E-state index >= 15 is 0 Å².